The lowest BCUT2D eigenvalue weighted by Gasteiger charge is -2.36. The maximum Gasteiger partial charge on any atom is 0.246 e. The molecule has 12 bridgehead atoms. The first-order chi connectivity index (χ1) is 55.8. The van der Waals surface area contributed by atoms with Crippen LogP contribution in [0.4, 0.5) is 0 Å². The molecule has 0 aliphatic carbocycles. The number of rotatable bonds is 17. The fraction of sp³-hybridized carbons (Fsp3) is 0.452. The van der Waals surface area contributed by atoms with Crippen molar-refractivity contribution in [1.29, 1.82) is 0 Å². The van der Waals surface area contributed by atoms with E-state index in [1.807, 2.05) is 72.8 Å². The van der Waals surface area contributed by atoms with Gasteiger partial charge in [-0.15, -0.1) is 10.2 Å². The second-order valence-electron chi connectivity index (χ2n) is 33.2. The molecule has 6 aromatic carbocycles. The molecular weight excluding hydrogens is 1550 g/mol. The van der Waals surface area contributed by atoms with Gasteiger partial charge in [0.1, 0.15) is 72.1 Å². The molecule has 14 rings (SSSR count). The Morgan fingerprint density at radius 3 is 1.38 bits per heavy atom. The van der Waals surface area contributed by atoms with E-state index in [-0.39, 0.29) is 64.8 Å². The number of carbonyl (C=O) groups excluding carboxylic acids is 10. The number of sulfonamides is 1. The van der Waals surface area contributed by atoms with Crippen LogP contribution in [0.15, 0.2) is 146 Å². The molecule has 6 aliphatic heterocycles. The van der Waals surface area contributed by atoms with Crippen LogP contribution in [0.5, 0.6) is 11.5 Å². The summed E-state index contributed by atoms with van der Waals surface area (Å²) in [6.45, 7) is 13.3. The lowest BCUT2D eigenvalue weighted by atomic mass is 9.85. The summed E-state index contributed by atoms with van der Waals surface area (Å²) in [5, 5.41) is 41.4. The zero-order valence-electron chi connectivity index (χ0n) is 68.2. The molecule has 34 heteroatoms. The van der Waals surface area contributed by atoms with Gasteiger partial charge in [0, 0.05) is 50.9 Å². The molecule has 628 valence electrons. The van der Waals surface area contributed by atoms with E-state index in [9.17, 15) is 36.0 Å². The number of ether oxygens (including phenoxy) is 2. The van der Waals surface area contributed by atoms with Gasteiger partial charge in [-0.3, -0.25) is 52.7 Å². The highest BCUT2D eigenvalue weighted by Gasteiger charge is 2.49. The summed E-state index contributed by atoms with van der Waals surface area (Å²) in [5.74, 6) is -8.74. The first-order valence-corrected chi connectivity index (χ1v) is 43.1. The molecule has 0 unspecified atom stereocenters. The van der Waals surface area contributed by atoms with E-state index in [0.29, 0.717) is 45.1 Å². The Labute approximate surface area is 685 Å². The predicted molar refractivity (Wildman–Crippen MR) is 439 cm³/mol. The summed E-state index contributed by atoms with van der Waals surface area (Å²) in [4.78, 5) is 151. The second-order valence-corrected chi connectivity index (χ2v) is 37.1. The SMILES string of the molecule is CN[C@@H](C)C(=O)N[C@H](C(=O)N1C[C@@H]2C[C@H]1C(=O)N[C@@H](Cc1ccc3ccccc3c1)C(=O)C[C@H](C(=O)NS(C)(=O)=O)Cc1ccc(cc1)OCc1cn(nn1)[C@H]1C[C@@H](C(=O)N[C@@H](Cc3ccc4ccccc4c3)C(=O)N[C@H](C(=O)CS(C)(=O)=O)Cc3ccc(cc3)OCc3cn2nn3)N(C(=O)[C@@H](NC(=O)[C@H](C)NC)C(C)(C)C)C1)C(C)(C)C. The number of hydrogen-bond donors (Lipinski definition) is 8. The number of sulfone groups is 1. The van der Waals surface area contributed by atoms with E-state index >= 15 is 28.8 Å². The summed E-state index contributed by atoms with van der Waals surface area (Å²) in [6, 6.07) is 26.7. The molecule has 2 aromatic heterocycles. The fourth-order valence-electron chi connectivity index (χ4n) is 14.8. The van der Waals surface area contributed by atoms with E-state index in [0.717, 1.165) is 34.1 Å². The van der Waals surface area contributed by atoms with Crippen LogP contribution in [-0.4, -0.2) is 215 Å². The molecule has 2 fully saturated rings. The summed E-state index contributed by atoms with van der Waals surface area (Å²) in [7, 11) is -4.99. The highest BCUT2D eigenvalue weighted by Crippen LogP contribution is 2.35. The van der Waals surface area contributed by atoms with Gasteiger partial charge in [-0.2, -0.15) is 0 Å². The van der Waals surface area contributed by atoms with E-state index < -0.39 is 174 Å². The molecule has 8 aromatic rings. The van der Waals surface area contributed by atoms with Gasteiger partial charge in [0.05, 0.1) is 54.9 Å². The van der Waals surface area contributed by atoms with E-state index in [1.165, 1.54) is 19.2 Å². The molecular formula is C84H104N16O16S2. The summed E-state index contributed by atoms with van der Waals surface area (Å²) >= 11 is 0. The number of nitrogens with one attached hydrogen (secondary N) is 8. The molecule has 12 atom stereocenters. The number of likely N-dealkylation sites (N-methyl/N-ethyl adjacent to an activating group) is 2. The average molecular weight is 1660 g/mol. The third-order valence-corrected chi connectivity index (χ3v) is 23.0. The van der Waals surface area contributed by atoms with Crippen LogP contribution in [0.1, 0.15) is 120 Å². The number of fused-ring (bicyclic) bond motifs is 2. The molecule has 0 saturated carbocycles. The topological polar surface area (TPSA) is 422 Å². The number of carbonyl (C=O) groups is 10. The first-order valence-electron chi connectivity index (χ1n) is 39.2. The number of likely N-dealkylation sites (tertiary alicyclic amines) is 2. The third kappa shape index (κ3) is 22.7. The number of benzene rings is 6. The van der Waals surface area contributed by atoms with Gasteiger partial charge in [-0.05, 0) is 126 Å². The quantitative estimate of drug-likeness (QED) is 0.0641. The number of ketones is 2. The molecule has 118 heavy (non-hydrogen) atoms. The highest BCUT2D eigenvalue weighted by molar-refractivity contribution is 7.91. The van der Waals surface area contributed by atoms with Gasteiger partial charge in [0.15, 0.2) is 21.4 Å². The highest BCUT2D eigenvalue weighted by atomic mass is 32.2. The smallest absolute Gasteiger partial charge is 0.246 e. The predicted octanol–water partition coefficient (Wildman–Crippen LogP) is 3.90. The second kappa shape index (κ2) is 37.1. The average Bonchev–Trinajstić information content (AvgIpc) is 1.62. The molecule has 8 heterocycles. The van der Waals surface area contributed by atoms with Crippen LogP contribution in [0.3, 0.4) is 0 Å². The van der Waals surface area contributed by atoms with Crippen molar-refractivity contribution in [2.45, 2.75) is 180 Å². The van der Waals surface area contributed by atoms with Crippen molar-refractivity contribution in [3.8, 4) is 11.5 Å². The molecule has 2 saturated heterocycles. The van der Waals surface area contributed by atoms with Crippen molar-refractivity contribution in [3.05, 3.63) is 179 Å². The zero-order chi connectivity index (χ0) is 85.3. The van der Waals surface area contributed by atoms with Gasteiger partial charge in [-0.25, -0.2) is 26.2 Å². The van der Waals surface area contributed by atoms with Crippen LogP contribution < -0.4 is 51.4 Å². The minimum atomic E-state index is -4.20. The number of hydrogen-bond acceptors (Lipinski definition) is 22. The third-order valence-electron chi connectivity index (χ3n) is 21.6. The van der Waals surface area contributed by atoms with Crippen molar-refractivity contribution in [1.82, 2.24) is 81.7 Å². The first kappa shape index (κ1) is 87.5. The minimum Gasteiger partial charge on any atom is -0.487 e. The Morgan fingerprint density at radius 1 is 0.534 bits per heavy atom. The van der Waals surface area contributed by atoms with Crippen molar-refractivity contribution < 1.29 is 74.3 Å². The molecule has 8 N–H and O–H groups in total. The van der Waals surface area contributed by atoms with Crippen molar-refractivity contribution in [3.63, 3.8) is 0 Å². The van der Waals surface area contributed by atoms with Gasteiger partial charge < -0.3 is 56.5 Å². The molecule has 32 nitrogen and oxygen atoms in total. The van der Waals surface area contributed by atoms with Crippen molar-refractivity contribution >= 4 is 100 Å². The van der Waals surface area contributed by atoms with Gasteiger partial charge in [0.25, 0.3) is 0 Å². The van der Waals surface area contributed by atoms with E-state index in [1.54, 1.807) is 143 Å². The Balaban J connectivity index is 0.961. The van der Waals surface area contributed by atoms with Crippen LogP contribution in [0.2, 0.25) is 0 Å². The fourth-order valence-corrected chi connectivity index (χ4v) is 16.0. The monoisotopic (exact) mass is 1660 g/mol. The Bertz CT molecular complexity index is 4970. The summed E-state index contributed by atoms with van der Waals surface area (Å²) in [5.41, 5.74) is 0.916. The van der Waals surface area contributed by atoms with Crippen LogP contribution in [0, 0.1) is 16.7 Å². The van der Waals surface area contributed by atoms with Gasteiger partial charge in [-0.1, -0.05) is 161 Å². The number of Topliss-reactive ketones (excluding diaryl/α,β-unsaturated/α-hetero) is 2. The van der Waals surface area contributed by atoms with Crippen molar-refractivity contribution in [2.24, 2.45) is 16.7 Å². The number of aromatic nitrogens is 6. The maximum absolute atomic E-state index is 15.5. The largest absolute Gasteiger partial charge is 0.487 e. The van der Waals surface area contributed by atoms with Gasteiger partial charge in [0.2, 0.25) is 57.3 Å². The van der Waals surface area contributed by atoms with Crippen LogP contribution in [-0.2, 0) is 107 Å². The standard InChI is InChI=1S/C84H104N16O16S2/c1-49(85-9)75(103)90-73(83(3,4)5)81(109)97-44-62-40-69(97)79(107)88-66(37-53-21-27-55-17-13-15-19-57(55)34-53)71(101)39-59(77(105)94-118(12,113)114)33-51-23-29-64(30-24-51)115-46-60-43-100(96-92-60)63-41-70(98(45-63)82(110)74(84(6,7)8)91-76(104)50(2)86-10)80(108)89-68(38-54-22-28-56-18-14-16-20-58(56)35-54)78(106)87-67(72(102)48-117(11,111)112)36-52-25-31-65(32-26-52)116-47-61-42-99(62)95-93-61/h13-32,34-35,42-43,49-50,59,62-63,66-70,73-74,85-86H,33,36-41,44-48H2,1-12H3,(H,87,106)(H,88,107)(H,89,108)(H,90,103)(H,91,104)(H,94,105)/t49-,50-,59+,62-,63-,66-,67-,68-,69-,70-,73+,74+/m0/s1. The van der Waals surface area contributed by atoms with E-state index in [4.69, 9.17) is 9.47 Å². The van der Waals surface area contributed by atoms with Gasteiger partial charge >= 0.3 is 0 Å². The Kier molecular flexibility index (Phi) is 27.5. The van der Waals surface area contributed by atoms with Crippen LogP contribution >= 0.6 is 0 Å². The molecule has 0 radical (unpaired) electrons. The van der Waals surface area contributed by atoms with Crippen molar-refractivity contribution in [2.75, 3.05) is 45.4 Å². The normalized spacial score (nSPS) is 21.3. The lowest BCUT2D eigenvalue weighted by molar-refractivity contribution is -0.144. The maximum atomic E-state index is 15.5. The Hall–Kier alpha value is -11.4. The summed E-state index contributed by atoms with van der Waals surface area (Å²) in [6.07, 6.45) is 3.46. The van der Waals surface area contributed by atoms with E-state index in [2.05, 4.69) is 62.6 Å². The van der Waals surface area contributed by atoms with Crippen LogP contribution in [0.25, 0.3) is 21.5 Å². The molecule has 8 amide bonds. The lowest BCUT2D eigenvalue weighted by Crippen LogP contribution is -2.61. The molecule has 6 aliphatic rings. The Morgan fingerprint density at radius 2 is 0.958 bits per heavy atom. The zero-order valence-corrected chi connectivity index (χ0v) is 69.8. The molecule has 0 spiro atoms. The number of nitrogens with zero attached hydrogens (tertiary/aromatic N) is 8. The summed E-state index contributed by atoms with van der Waals surface area (Å²) < 4.78 is 69.0. The number of amides is 8. The minimum absolute atomic E-state index is 0.0786.